The van der Waals surface area contributed by atoms with Crippen LogP contribution in [0.25, 0.3) is 0 Å². The lowest BCUT2D eigenvalue weighted by Crippen LogP contribution is -2.23. The van der Waals surface area contributed by atoms with Crippen molar-refractivity contribution in [2.24, 2.45) is 7.05 Å². The van der Waals surface area contributed by atoms with Crippen LogP contribution < -0.4 is 10.2 Å². The molecule has 6 heteroatoms. The Bertz CT molecular complexity index is 548. The molecule has 0 unspecified atom stereocenters. The van der Waals surface area contributed by atoms with Crippen molar-refractivity contribution in [1.29, 1.82) is 0 Å². The SMILES string of the molecule is CC(C)NCc1cncc(N(C)Cc2cnn(C)c2)n1. The van der Waals surface area contributed by atoms with Gasteiger partial charge in [0.05, 0.1) is 18.1 Å². The highest BCUT2D eigenvalue weighted by atomic mass is 15.2. The first-order valence-corrected chi connectivity index (χ1v) is 6.77. The summed E-state index contributed by atoms with van der Waals surface area (Å²) in [5, 5.41) is 7.52. The lowest BCUT2D eigenvalue weighted by molar-refractivity contribution is 0.580. The number of nitrogens with zero attached hydrogens (tertiary/aromatic N) is 5. The molecule has 108 valence electrons. The summed E-state index contributed by atoms with van der Waals surface area (Å²) >= 11 is 0. The number of rotatable bonds is 6. The highest BCUT2D eigenvalue weighted by molar-refractivity contribution is 5.36. The molecule has 0 atom stereocenters. The monoisotopic (exact) mass is 274 g/mol. The Morgan fingerprint density at radius 3 is 2.75 bits per heavy atom. The van der Waals surface area contributed by atoms with Gasteiger partial charge in [0, 0.05) is 51.2 Å². The number of hydrogen-bond donors (Lipinski definition) is 1. The fourth-order valence-electron chi connectivity index (χ4n) is 1.88. The average Bonchev–Trinajstić information content (AvgIpc) is 2.82. The van der Waals surface area contributed by atoms with Crippen LogP contribution in [0.15, 0.2) is 24.8 Å². The van der Waals surface area contributed by atoms with Gasteiger partial charge in [-0.25, -0.2) is 4.98 Å². The van der Waals surface area contributed by atoms with Crippen molar-refractivity contribution < 1.29 is 0 Å². The van der Waals surface area contributed by atoms with Crippen molar-refractivity contribution in [3.8, 4) is 0 Å². The van der Waals surface area contributed by atoms with Gasteiger partial charge in [0.1, 0.15) is 5.82 Å². The molecule has 0 saturated carbocycles. The van der Waals surface area contributed by atoms with Crippen LogP contribution in [0.3, 0.4) is 0 Å². The molecule has 1 N–H and O–H groups in total. The Hall–Kier alpha value is -1.95. The van der Waals surface area contributed by atoms with E-state index in [4.69, 9.17) is 0 Å². The lowest BCUT2D eigenvalue weighted by Gasteiger charge is -2.17. The van der Waals surface area contributed by atoms with Crippen LogP contribution in [-0.2, 0) is 20.1 Å². The standard InChI is InChI=1S/C14H22N6/c1-11(2)16-7-13-6-15-8-14(18-13)19(3)9-12-5-17-20(4)10-12/h5-6,8,10-11,16H,7,9H2,1-4H3. The van der Waals surface area contributed by atoms with Crippen molar-refractivity contribution in [2.75, 3.05) is 11.9 Å². The van der Waals surface area contributed by atoms with Crippen LogP contribution in [0.2, 0.25) is 0 Å². The summed E-state index contributed by atoms with van der Waals surface area (Å²) in [6.07, 6.45) is 7.47. The maximum absolute atomic E-state index is 4.62. The van der Waals surface area contributed by atoms with Gasteiger partial charge in [0.2, 0.25) is 0 Å². The first kappa shape index (κ1) is 14.5. The maximum Gasteiger partial charge on any atom is 0.147 e. The summed E-state index contributed by atoms with van der Waals surface area (Å²) in [4.78, 5) is 11.0. The number of aryl methyl sites for hydroxylation is 1. The van der Waals surface area contributed by atoms with E-state index < -0.39 is 0 Å². The van der Waals surface area contributed by atoms with Crippen molar-refractivity contribution in [2.45, 2.75) is 33.0 Å². The van der Waals surface area contributed by atoms with Crippen LogP contribution in [0.1, 0.15) is 25.1 Å². The summed E-state index contributed by atoms with van der Waals surface area (Å²) in [6, 6.07) is 0.438. The molecule has 0 amide bonds. The molecule has 2 rings (SSSR count). The zero-order chi connectivity index (χ0) is 14.5. The molecule has 0 saturated heterocycles. The summed E-state index contributed by atoms with van der Waals surface area (Å²) in [5.41, 5.74) is 2.11. The topological polar surface area (TPSA) is 58.9 Å². The lowest BCUT2D eigenvalue weighted by atomic mass is 10.3. The average molecular weight is 274 g/mol. The van der Waals surface area contributed by atoms with Crippen LogP contribution >= 0.6 is 0 Å². The largest absolute Gasteiger partial charge is 0.354 e. The minimum absolute atomic E-state index is 0.438. The van der Waals surface area contributed by atoms with Gasteiger partial charge in [-0.05, 0) is 0 Å². The first-order valence-electron chi connectivity index (χ1n) is 6.77. The van der Waals surface area contributed by atoms with Gasteiger partial charge < -0.3 is 10.2 Å². The third kappa shape index (κ3) is 4.03. The molecule has 2 aromatic heterocycles. The van der Waals surface area contributed by atoms with Gasteiger partial charge in [0.25, 0.3) is 0 Å². The Labute approximate surface area is 119 Å². The van der Waals surface area contributed by atoms with E-state index >= 15 is 0 Å². The Morgan fingerprint density at radius 2 is 2.10 bits per heavy atom. The van der Waals surface area contributed by atoms with Gasteiger partial charge in [-0.15, -0.1) is 0 Å². The van der Waals surface area contributed by atoms with Gasteiger partial charge in [0.15, 0.2) is 0 Å². The predicted octanol–water partition coefficient (Wildman–Crippen LogP) is 1.34. The van der Waals surface area contributed by atoms with E-state index in [-0.39, 0.29) is 0 Å². The third-order valence-electron chi connectivity index (χ3n) is 2.93. The molecule has 0 aromatic carbocycles. The van der Waals surface area contributed by atoms with E-state index in [9.17, 15) is 0 Å². The quantitative estimate of drug-likeness (QED) is 0.861. The zero-order valence-electron chi connectivity index (χ0n) is 12.5. The number of aromatic nitrogens is 4. The van der Waals surface area contributed by atoms with Crippen molar-refractivity contribution in [3.05, 3.63) is 36.0 Å². The number of anilines is 1. The Morgan fingerprint density at radius 1 is 1.30 bits per heavy atom. The minimum Gasteiger partial charge on any atom is -0.354 e. The molecule has 2 heterocycles. The zero-order valence-corrected chi connectivity index (χ0v) is 12.5. The molecule has 6 nitrogen and oxygen atoms in total. The highest BCUT2D eigenvalue weighted by Crippen LogP contribution is 2.11. The minimum atomic E-state index is 0.438. The summed E-state index contributed by atoms with van der Waals surface area (Å²) in [5.74, 6) is 0.872. The summed E-state index contributed by atoms with van der Waals surface area (Å²) < 4.78 is 1.80. The second-order valence-electron chi connectivity index (χ2n) is 5.28. The molecule has 0 spiro atoms. The van der Waals surface area contributed by atoms with E-state index in [0.717, 1.165) is 30.2 Å². The predicted molar refractivity (Wildman–Crippen MR) is 79.3 cm³/mol. The molecule has 0 aliphatic rings. The van der Waals surface area contributed by atoms with Crippen molar-refractivity contribution in [3.63, 3.8) is 0 Å². The van der Waals surface area contributed by atoms with Gasteiger partial charge in [-0.3, -0.25) is 9.67 Å². The second kappa shape index (κ2) is 6.47. The molecule has 0 bridgehead atoms. The molecule has 0 fully saturated rings. The molecular weight excluding hydrogens is 252 g/mol. The van der Waals surface area contributed by atoms with E-state index in [0.29, 0.717) is 6.04 Å². The second-order valence-corrected chi connectivity index (χ2v) is 5.28. The molecule has 0 radical (unpaired) electrons. The molecule has 0 aliphatic heterocycles. The van der Waals surface area contributed by atoms with Gasteiger partial charge in [-0.1, -0.05) is 13.8 Å². The molecule has 20 heavy (non-hydrogen) atoms. The van der Waals surface area contributed by atoms with Crippen LogP contribution in [0.5, 0.6) is 0 Å². The van der Waals surface area contributed by atoms with E-state index in [1.807, 2.05) is 26.5 Å². The van der Waals surface area contributed by atoms with Crippen LogP contribution in [-0.4, -0.2) is 32.8 Å². The van der Waals surface area contributed by atoms with Crippen molar-refractivity contribution in [1.82, 2.24) is 25.1 Å². The van der Waals surface area contributed by atoms with Crippen molar-refractivity contribution >= 4 is 5.82 Å². The van der Waals surface area contributed by atoms with Gasteiger partial charge in [-0.2, -0.15) is 5.10 Å². The number of hydrogen-bond acceptors (Lipinski definition) is 5. The summed E-state index contributed by atoms with van der Waals surface area (Å²) in [6.45, 7) is 5.74. The van der Waals surface area contributed by atoms with Crippen LogP contribution in [0.4, 0.5) is 5.82 Å². The van der Waals surface area contributed by atoms with E-state index in [2.05, 4.69) is 39.1 Å². The number of nitrogens with one attached hydrogen (secondary N) is 1. The maximum atomic E-state index is 4.62. The molecule has 0 aliphatic carbocycles. The fourth-order valence-corrected chi connectivity index (χ4v) is 1.88. The normalized spacial score (nSPS) is 11.1. The van der Waals surface area contributed by atoms with E-state index in [1.54, 1.807) is 17.1 Å². The third-order valence-corrected chi connectivity index (χ3v) is 2.93. The molecule has 2 aromatic rings. The first-order chi connectivity index (χ1) is 9.54. The van der Waals surface area contributed by atoms with Crippen LogP contribution in [0, 0.1) is 0 Å². The highest BCUT2D eigenvalue weighted by Gasteiger charge is 2.07. The Balaban J connectivity index is 2.02. The summed E-state index contributed by atoms with van der Waals surface area (Å²) in [7, 11) is 3.93. The smallest absolute Gasteiger partial charge is 0.147 e. The Kier molecular flexibility index (Phi) is 4.68. The van der Waals surface area contributed by atoms with Gasteiger partial charge >= 0.3 is 0 Å². The van der Waals surface area contributed by atoms with E-state index in [1.165, 1.54) is 0 Å². The molecular formula is C14H22N6. The fraction of sp³-hybridized carbons (Fsp3) is 0.500.